The minimum absolute atomic E-state index is 0.0693. The molecule has 1 amide bonds. The van der Waals surface area contributed by atoms with E-state index in [0.29, 0.717) is 12.1 Å². The second-order valence-corrected chi connectivity index (χ2v) is 8.88. The fraction of sp³-hybridized carbons (Fsp3) is 0.450. The molecule has 0 radical (unpaired) electrons. The van der Waals surface area contributed by atoms with E-state index in [9.17, 15) is 22.0 Å². The highest BCUT2D eigenvalue weighted by molar-refractivity contribution is 7.85. The number of carbonyl (C=O) groups excluding carboxylic acids is 1. The van der Waals surface area contributed by atoms with Crippen LogP contribution in [0.15, 0.2) is 42.9 Å². The second kappa shape index (κ2) is 11.1. The van der Waals surface area contributed by atoms with Gasteiger partial charge in [0.05, 0.1) is 12.8 Å². The van der Waals surface area contributed by atoms with E-state index in [4.69, 9.17) is 9.29 Å². The Morgan fingerprint density at radius 3 is 2.53 bits per heavy atom. The predicted molar refractivity (Wildman–Crippen MR) is 114 cm³/mol. The number of aryl methyl sites for hydroxylation is 1. The summed E-state index contributed by atoms with van der Waals surface area (Å²) in [5.74, 6) is -3.38. The number of hydrogen-bond acceptors (Lipinski definition) is 7. The van der Waals surface area contributed by atoms with Crippen LogP contribution in [-0.4, -0.2) is 65.7 Å². The van der Waals surface area contributed by atoms with E-state index in [1.165, 1.54) is 6.33 Å². The SMILES string of the molecule is CS(=O)(=O)O.Cc1ccc(COC(=O)N2CC[C@H](CNc3ccncn3)C(F)(F)C2)cc1. The van der Waals surface area contributed by atoms with Crippen molar-refractivity contribution in [3.63, 3.8) is 0 Å². The fourth-order valence-corrected chi connectivity index (χ4v) is 2.94. The van der Waals surface area contributed by atoms with Gasteiger partial charge in [-0.1, -0.05) is 29.8 Å². The van der Waals surface area contributed by atoms with E-state index in [1.54, 1.807) is 12.3 Å². The Morgan fingerprint density at radius 2 is 1.97 bits per heavy atom. The average molecular weight is 473 g/mol. The number of nitrogens with zero attached hydrogens (tertiary/aromatic N) is 3. The van der Waals surface area contributed by atoms with Gasteiger partial charge in [-0.05, 0) is 25.0 Å². The third-order valence-electron chi connectivity index (χ3n) is 4.60. The van der Waals surface area contributed by atoms with Crippen LogP contribution in [0.1, 0.15) is 17.5 Å². The first-order chi connectivity index (χ1) is 14.9. The molecule has 3 rings (SSSR count). The summed E-state index contributed by atoms with van der Waals surface area (Å²) in [4.78, 5) is 21.0. The number of amides is 1. The van der Waals surface area contributed by atoms with E-state index in [0.717, 1.165) is 16.0 Å². The summed E-state index contributed by atoms with van der Waals surface area (Å²) in [5.41, 5.74) is 1.92. The summed E-state index contributed by atoms with van der Waals surface area (Å²) < 4.78 is 60.0. The lowest BCUT2D eigenvalue weighted by molar-refractivity contribution is -0.101. The number of halogens is 2. The highest BCUT2D eigenvalue weighted by Crippen LogP contribution is 2.33. The molecule has 32 heavy (non-hydrogen) atoms. The van der Waals surface area contributed by atoms with Crippen LogP contribution in [0.25, 0.3) is 0 Å². The van der Waals surface area contributed by atoms with Gasteiger partial charge in [0.15, 0.2) is 0 Å². The van der Waals surface area contributed by atoms with E-state index >= 15 is 0 Å². The van der Waals surface area contributed by atoms with Gasteiger partial charge in [-0.25, -0.2) is 23.5 Å². The minimum Gasteiger partial charge on any atom is -0.445 e. The van der Waals surface area contributed by atoms with E-state index in [2.05, 4.69) is 15.3 Å². The molecule has 1 aromatic carbocycles. The van der Waals surface area contributed by atoms with E-state index < -0.39 is 34.6 Å². The molecule has 1 aliphatic rings. The van der Waals surface area contributed by atoms with Gasteiger partial charge in [-0.3, -0.25) is 4.55 Å². The van der Waals surface area contributed by atoms with Gasteiger partial charge in [0.25, 0.3) is 16.0 Å². The van der Waals surface area contributed by atoms with Crippen molar-refractivity contribution in [3.05, 3.63) is 54.0 Å². The number of rotatable bonds is 5. The third kappa shape index (κ3) is 9.10. The molecule has 1 aromatic heterocycles. The zero-order chi connectivity index (χ0) is 23.8. The summed E-state index contributed by atoms with van der Waals surface area (Å²) in [6.07, 6.45) is 3.09. The monoisotopic (exact) mass is 472 g/mol. The number of anilines is 1. The van der Waals surface area contributed by atoms with Crippen LogP contribution in [0.4, 0.5) is 19.4 Å². The van der Waals surface area contributed by atoms with Crippen LogP contribution in [0.5, 0.6) is 0 Å². The maximum Gasteiger partial charge on any atom is 0.410 e. The number of ether oxygens (including phenoxy) is 1. The quantitative estimate of drug-likeness (QED) is 0.637. The van der Waals surface area contributed by atoms with Crippen LogP contribution in [0.2, 0.25) is 0 Å². The van der Waals surface area contributed by atoms with Crippen molar-refractivity contribution in [3.8, 4) is 0 Å². The van der Waals surface area contributed by atoms with Gasteiger partial charge in [-0.2, -0.15) is 8.42 Å². The van der Waals surface area contributed by atoms with Crippen LogP contribution >= 0.6 is 0 Å². The van der Waals surface area contributed by atoms with Crippen LogP contribution in [0, 0.1) is 12.8 Å². The number of carbonyl (C=O) groups is 1. The minimum atomic E-state index is -3.67. The molecule has 0 saturated carbocycles. The van der Waals surface area contributed by atoms with Crippen molar-refractivity contribution >= 4 is 22.0 Å². The van der Waals surface area contributed by atoms with Gasteiger partial charge in [0.1, 0.15) is 18.8 Å². The number of hydrogen-bond donors (Lipinski definition) is 2. The Kier molecular flexibility index (Phi) is 8.84. The topological polar surface area (TPSA) is 122 Å². The lowest BCUT2D eigenvalue weighted by Crippen LogP contribution is -2.52. The molecule has 0 spiro atoms. The fourth-order valence-electron chi connectivity index (χ4n) is 2.94. The molecule has 0 bridgehead atoms. The third-order valence-corrected chi connectivity index (χ3v) is 4.60. The van der Waals surface area contributed by atoms with Crippen LogP contribution in [-0.2, 0) is 21.5 Å². The van der Waals surface area contributed by atoms with Gasteiger partial charge in [0.2, 0.25) is 0 Å². The summed E-state index contributed by atoms with van der Waals surface area (Å²) in [5, 5.41) is 2.90. The molecule has 9 nitrogen and oxygen atoms in total. The zero-order valence-corrected chi connectivity index (χ0v) is 18.6. The van der Waals surface area contributed by atoms with Crippen LogP contribution < -0.4 is 5.32 Å². The molecule has 1 aliphatic heterocycles. The van der Waals surface area contributed by atoms with Gasteiger partial charge in [0, 0.05) is 25.2 Å². The molecule has 2 N–H and O–H groups in total. The van der Waals surface area contributed by atoms with Gasteiger partial charge in [-0.15, -0.1) is 0 Å². The first-order valence-corrected chi connectivity index (χ1v) is 11.6. The highest BCUT2D eigenvalue weighted by atomic mass is 32.2. The van der Waals surface area contributed by atoms with E-state index in [1.807, 2.05) is 31.2 Å². The summed E-state index contributed by atoms with van der Waals surface area (Å²) in [7, 11) is -3.67. The largest absolute Gasteiger partial charge is 0.445 e. The van der Waals surface area contributed by atoms with Crippen molar-refractivity contribution in [1.82, 2.24) is 14.9 Å². The number of nitrogens with one attached hydrogen (secondary N) is 1. The molecule has 2 aromatic rings. The number of piperidine rings is 1. The molecule has 2 heterocycles. The van der Waals surface area contributed by atoms with Crippen molar-refractivity contribution in [2.75, 3.05) is 31.2 Å². The molecule has 0 unspecified atom stereocenters. The standard InChI is InChI=1S/C19H22F2N4O2.CH4O3S/c1-14-2-4-15(5-3-14)11-27-18(26)25-9-7-16(19(20,21)12-25)10-23-17-6-8-22-13-24-17;1-5(2,3)4/h2-6,8,13,16H,7,9-12H2,1H3,(H,22,23,24);1H3,(H,2,3,4)/t16-;/m1./s1. The Bertz CT molecular complexity index is 967. The first kappa shape index (κ1) is 25.4. The van der Waals surface area contributed by atoms with Crippen molar-refractivity contribution in [2.45, 2.75) is 25.9 Å². The number of alkyl halides is 2. The highest BCUT2D eigenvalue weighted by Gasteiger charge is 2.46. The Labute approximate surface area is 185 Å². The molecule has 12 heteroatoms. The second-order valence-electron chi connectivity index (χ2n) is 7.42. The zero-order valence-electron chi connectivity index (χ0n) is 17.7. The maximum absolute atomic E-state index is 14.5. The number of aromatic nitrogens is 2. The molecule has 0 aliphatic carbocycles. The molecule has 176 valence electrons. The molecule has 1 fully saturated rings. The summed E-state index contributed by atoms with van der Waals surface area (Å²) in [6, 6.07) is 9.14. The summed E-state index contributed by atoms with van der Waals surface area (Å²) >= 11 is 0. The van der Waals surface area contributed by atoms with E-state index in [-0.39, 0.29) is 26.1 Å². The Hall–Kier alpha value is -2.86. The van der Waals surface area contributed by atoms with Crippen molar-refractivity contribution in [2.24, 2.45) is 5.92 Å². The summed E-state index contributed by atoms with van der Waals surface area (Å²) in [6.45, 7) is 1.70. The van der Waals surface area contributed by atoms with Crippen molar-refractivity contribution in [1.29, 1.82) is 0 Å². The van der Waals surface area contributed by atoms with Gasteiger partial charge >= 0.3 is 6.09 Å². The molecule has 1 atom stereocenters. The Morgan fingerprint density at radius 1 is 1.31 bits per heavy atom. The van der Waals surface area contributed by atoms with Crippen molar-refractivity contribution < 1.29 is 31.3 Å². The van der Waals surface area contributed by atoms with Crippen LogP contribution in [0.3, 0.4) is 0 Å². The smallest absolute Gasteiger partial charge is 0.410 e. The lowest BCUT2D eigenvalue weighted by Gasteiger charge is -2.37. The molecular weight excluding hydrogens is 446 g/mol. The Balaban J connectivity index is 0.000000654. The van der Waals surface area contributed by atoms with Gasteiger partial charge < -0.3 is 15.0 Å². The molecule has 1 saturated heterocycles. The average Bonchev–Trinajstić information content (AvgIpc) is 2.71. The number of likely N-dealkylation sites (tertiary alicyclic amines) is 1. The maximum atomic E-state index is 14.5. The first-order valence-electron chi connectivity index (χ1n) is 9.71. The molecular formula is C20H26F2N4O5S. The lowest BCUT2D eigenvalue weighted by atomic mass is 9.93. The predicted octanol–water partition coefficient (Wildman–Crippen LogP) is 2.99. The number of benzene rings is 1. The normalized spacial score (nSPS) is 17.7.